The lowest BCUT2D eigenvalue weighted by atomic mass is 9.48. The summed E-state index contributed by atoms with van der Waals surface area (Å²) in [5.41, 5.74) is 1.33. The van der Waals surface area contributed by atoms with Crippen LogP contribution in [0.25, 0.3) is 0 Å². The van der Waals surface area contributed by atoms with Gasteiger partial charge < -0.3 is 10.2 Å². The van der Waals surface area contributed by atoms with Crippen LogP contribution in [0.3, 0.4) is 0 Å². The van der Waals surface area contributed by atoms with Crippen molar-refractivity contribution >= 4 is 17.3 Å². The van der Waals surface area contributed by atoms with E-state index in [2.05, 4.69) is 17.1 Å². The Morgan fingerprint density at radius 2 is 1.65 bits per heavy atom. The summed E-state index contributed by atoms with van der Waals surface area (Å²) >= 11 is 0. The Morgan fingerprint density at radius 3 is 2.19 bits per heavy atom. The normalized spacial score (nSPS) is 33.1. The van der Waals surface area contributed by atoms with Gasteiger partial charge in [-0.2, -0.15) is 0 Å². The third-order valence-corrected chi connectivity index (χ3v) is 8.73. The number of nitrogens with one attached hydrogen (secondary N) is 1. The molecule has 1 aromatic rings. The minimum absolute atomic E-state index is 0.0528. The zero-order valence-electron chi connectivity index (χ0n) is 18.6. The average molecular weight is 426 g/mol. The second kappa shape index (κ2) is 8.10. The maximum Gasteiger partial charge on any atom is 0.293 e. The van der Waals surface area contributed by atoms with Crippen LogP contribution in [0.15, 0.2) is 18.2 Å². The zero-order valence-corrected chi connectivity index (χ0v) is 18.6. The van der Waals surface area contributed by atoms with E-state index in [-0.39, 0.29) is 28.0 Å². The van der Waals surface area contributed by atoms with Crippen molar-refractivity contribution in [1.82, 2.24) is 5.32 Å². The lowest BCUT2D eigenvalue weighted by Gasteiger charge is -2.59. The van der Waals surface area contributed by atoms with Crippen molar-refractivity contribution in [2.75, 3.05) is 18.0 Å². The van der Waals surface area contributed by atoms with Crippen LogP contribution in [0, 0.1) is 33.3 Å². The average Bonchev–Trinajstić information content (AvgIpc) is 3.01. The molecular weight excluding hydrogens is 390 g/mol. The molecule has 168 valence electrons. The summed E-state index contributed by atoms with van der Waals surface area (Å²) in [5.74, 6) is 2.33. The van der Waals surface area contributed by atoms with Crippen molar-refractivity contribution < 1.29 is 9.72 Å². The molecule has 6 nitrogen and oxygen atoms in total. The molecule has 5 aliphatic rings. The van der Waals surface area contributed by atoms with Gasteiger partial charge >= 0.3 is 0 Å². The molecular formula is C25H35N3O3. The summed E-state index contributed by atoms with van der Waals surface area (Å²) in [6.07, 6.45) is 12.3. The Balaban J connectivity index is 1.33. The fourth-order valence-electron chi connectivity index (χ4n) is 7.53. The lowest BCUT2D eigenvalue weighted by molar-refractivity contribution is -0.384. The van der Waals surface area contributed by atoms with Crippen LogP contribution < -0.4 is 10.2 Å². The van der Waals surface area contributed by atoms with Crippen LogP contribution in [0.1, 0.15) is 81.5 Å². The second-order valence-corrected chi connectivity index (χ2v) is 10.8. The highest BCUT2D eigenvalue weighted by Gasteiger charge is 2.53. The van der Waals surface area contributed by atoms with E-state index in [0.29, 0.717) is 11.3 Å². The first-order valence-electron chi connectivity index (χ1n) is 12.3. The number of amides is 1. The Kier molecular flexibility index (Phi) is 5.43. The Bertz CT molecular complexity index is 824. The minimum atomic E-state index is -0.334. The topological polar surface area (TPSA) is 75.5 Å². The quantitative estimate of drug-likeness (QED) is 0.512. The molecule has 6 heteroatoms. The molecule has 0 spiro atoms. The van der Waals surface area contributed by atoms with Gasteiger partial charge in [0, 0.05) is 30.8 Å². The number of hydrogen-bond acceptors (Lipinski definition) is 4. The van der Waals surface area contributed by atoms with Gasteiger partial charge in [0.2, 0.25) is 0 Å². The summed E-state index contributed by atoms with van der Waals surface area (Å²) in [5, 5.41) is 15.1. The van der Waals surface area contributed by atoms with Crippen LogP contribution in [0.5, 0.6) is 0 Å². The molecule has 1 N–H and O–H groups in total. The van der Waals surface area contributed by atoms with E-state index in [9.17, 15) is 14.9 Å². The van der Waals surface area contributed by atoms with Crippen LogP contribution in [0.4, 0.5) is 11.4 Å². The van der Waals surface area contributed by atoms with Crippen molar-refractivity contribution in [1.29, 1.82) is 0 Å². The van der Waals surface area contributed by atoms with Gasteiger partial charge in [-0.3, -0.25) is 14.9 Å². The van der Waals surface area contributed by atoms with E-state index in [0.717, 1.165) is 43.7 Å². The molecule has 0 unspecified atom stereocenters. The summed E-state index contributed by atoms with van der Waals surface area (Å²) in [6, 6.07) is 5.16. The summed E-state index contributed by atoms with van der Waals surface area (Å²) < 4.78 is 0. The lowest BCUT2D eigenvalue weighted by Crippen LogP contribution is -2.55. The number of benzene rings is 1. The van der Waals surface area contributed by atoms with Gasteiger partial charge in [0.15, 0.2) is 0 Å². The molecule has 5 fully saturated rings. The number of nitro benzene ring substituents is 1. The highest BCUT2D eigenvalue weighted by atomic mass is 16.6. The molecule has 1 aromatic carbocycles. The Hall–Kier alpha value is -2.11. The summed E-state index contributed by atoms with van der Waals surface area (Å²) in [4.78, 5) is 26.7. The van der Waals surface area contributed by atoms with Gasteiger partial charge in [-0.25, -0.2) is 0 Å². The van der Waals surface area contributed by atoms with Crippen LogP contribution in [-0.2, 0) is 0 Å². The highest BCUT2D eigenvalue weighted by Crippen LogP contribution is 2.61. The van der Waals surface area contributed by atoms with Gasteiger partial charge in [-0.1, -0.05) is 12.8 Å². The van der Waals surface area contributed by atoms with E-state index in [1.807, 2.05) is 0 Å². The minimum Gasteiger partial charge on any atom is -0.366 e. The van der Waals surface area contributed by atoms with Crippen molar-refractivity contribution in [2.45, 2.75) is 77.2 Å². The van der Waals surface area contributed by atoms with Gasteiger partial charge in [-0.05, 0) is 93.6 Å². The first-order valence-corrected chi connectivity index (χ1v) is 12.3. The van der Waals surface area contributed by atoms with E-state index >= 15 is 0 Å². The number of hydrogen-bond donors (Lipinski definition) is 1. The predicted molar refractivity (Wildman–Crippen MR) is 121 cm³/mol. The molecule has 4 bridgehead atoms. The van der Waals surface area contributed by atoms with Crippen molar-refractivity contribution in [3.8, 4) is 0 Å². The molecule has 1 saturated heterocycles. The first kappa shape index (κ1) is 20.8. The maximum atomic E-state index is 13.1. The number of carbonyl (C=O) groups excluding carboxylic acids is 1. The van der Waals surface area contributed by atoms with Gasteiger partial charge in [0.25, 0.3) is 11.6 Å². The molecule has 1 aliphatic heterocycles. The van der Waals surface area contributed by atoms with E-state index in [4.69, 9.17) is 0 Å². The smallest absolute Gasteiger partial charge is 0.293 e. The number of carbonyl (C=O) groups is 1. The molecule has 6 rings (SSSR count). The molecule has 4 saturated carbocycles. The van der Waals surface area contributed by atoms with Gasteiger partial charge in [0.05, 0.1) is 4.92 Å². The molecule has 1 amide bonds. The molecule has 0 radical (unpaired) electrons. The maximum absolute atomic E-state index is 13.1. The molecule has 1 heterocycles. The second-order valence-electron chi connectivity index (χ2n) is 10.8. The van der Waals surface area contributed by atoms with E-state index in [1.54, 1.807) is 12.1 Å². The molecule has 0 aromatic heterocycles. The SMILES string of the molecule is C[C@H](NC(=O)c1ccc(N2CCCCCC2)c([N+](=O)[O-])c1)C12CC3CC(CC(C3)C1)C2. The Morgan fingerprint density at radius 1 is 1.06 bits per heavy atom. The van der Waals surface area contributed by atoms with Crippen LogP contribution >= 0.6 is 0 Å². The largest absolute Gasteiger partial charge is 0.366 e. The third-order valence-electron chi connectivity index (χ3n) is 8.73. The fraction of sp³-hybridized carbons (Fsp3) is 0.720. The van der Waals surface area contributed by atoms with E-state index < -0.39 is 0 Å². The van der Waals surface area contributed by atoms with Crippen LogP contribution in [-0.4, -0.2) is 30.0 Å². The van der Waals surface area contributed by atoms with Crippen LogP contribution in [0.2, 0.25) is 0 Å². The van der Waals surface area contributed by atoms with Gasteiger partial charge in [0.1, 0.15) is 5.69 Å². The molecule has 1 atom stereocenters. The third kappa shape index (κ3) is 3.94. The Labute approximate surface area is 184 Å². The molecule has 31 heavy (non-hydrogen) atoms. The monoisotopic (exact) mass is 425 g/mol. The highest BCUT2D eigenvalue weighted by molar-refractivity contribution is 5.96. The fourth-order valence-corrected chi connectivity index (χ4v) is 7.53. The van der Waals surface area contributed by atoms with Crippen molar-refractivity contribution in [3.05, 3.63) is 33.9 Å². The zero-order chi connectivity index (χ0) is 21.6. The summed E-state index contributed by atoms with van der Waals surface area (Å²) in [6.45, 7) is 3.84. The predicted octanol–water partition coefficient (Wildman–Crippen LogP) is 5.31. The molecule has 4 aliphatic carbocycles. The van der Waals surface area contributed by atoms with E-state index in [1.165, 1.54) is 57.4 Å². The van der Waals surface area contributed by atoms with Gasteiger partial charge in [-0.15, -0.1) is 0 Å². The number of anilines is 1. The van der Waals surface area contributed by atoms with Crippen molar-refractivity contribution in [3.63, 3.8) is 0 Å². The number of rotatable bonds is 5. The number of nitrogens with zero attached hydrogens (tertiary/aromatic N) is 2. The number of nitro groups is 1. The first-order chi connectivity index (χ1) is 14.9. The summed E-state index contributed by atoms with van der Waals surface area (Å²) in [7, 11) is 0. The van der Waals surface area contributed by atoms with Crippen molar-refractivity contribution in [2.24, 2.45) is 23.2 Å². The standard InChI is InChI=1S/C25H35N3O3/c1-17(25-14-18-10-19(15-25)12-20(11-18)16-25)26-24(29)21-6-7-22(23(13-21)28(30)31)27-8-4-2-3-5-9-27/h6-7,13,17-20H,2-5,8-12,14-16H2,1H3,(H,26,29)/t17-,18?,19?,20?,25?/m0/s1.